The Hall–Kier alpha value is -1.01. The molecule has 0 spiro atoms. The SMILES string of the molecule is CCOCc1nc(NC)cc(NC2CCC(SC)C2)n1. The van der Waals surface area contributed by atoms with Crippen LogP contribution in [0.3, 0.4) is 0 Å². The molecule has 1 aliphatic carbocycles. The van der Waals surface area contributed by atoms with Crippen molar-refractivity contribution in [2.75, 3.05) is 30.5 Å². The topological polar surface area (TPSA) is 59.1 Å². The van der Waals surface area contributed by atoms with E-state index >= 15 is 0 Å². The summed E-state index contributed by atoms with van der Waals surface area (Å²) in [5, 5.41) is 7.39. The molecule has 0 aromatic carbocycles. The number of hydrogen-bond donors (Lipinski definition) is 2. The summed E-state index contributed by atoms with van der Waals surface area (Å²) in [6.07, 6.45) is 5.90. The molecule has 6 heteroatoms. The second kappa shape index (κ2) is 7.69. The molecule has 2 N–H and O–H groups in total. The van der Waals surface area contributed by atoms with Crippen LogP contribution in [0.5, 0.6) is 0 Å². The third-order valence-corrected chi connectivity index (χ3v) is 4.63. The van der Waals surface area contributed by atoms with Gasteiger partial charge in [-0.3, -0.25) is 0 Å². The highest BCUT2D eigenvalue weighted by molar-refractivity contribution is 7.99. The van der Waals surface area contributed by atoms with Gasteiger partial charge < -0.3 is 15.4 Å². The van der Waals surface area contributed by atoms with E-state index in [2.05, 4.69) is 26.9 Å². The van der Waals surface area contributed by atoms with Crippen molar-refractivity contribution in [2.24, 2.45) is 0 Å². The Labute approximate surface area is 125 Å². The summed E-state index contributed by atoms with van der Waals surface area (Å²) in [6, 6.07) is 2.48. The van der Waals surface area contributed by atoms with Crippen molar-refractivity contribution in [2.45, 2.75) is 44.1 Å². The number of rotatable bonds is 7. The second-order valence-electron chi connectivity index (χ2n) is 4.95. The highest BCUT2D eigenvalue weighted by atomic mass is 32.2. The Morgan fingerprint density at radius 2 is 2.15 bits per heavy atom. The second-order valence-corrected chi connectivity index (χ2v) is 6.09. The minimum Gasteiger partial charge on any atom is -0.374 e. The van der Waals surface area contributed by atoms with Crippen molar-refractivity contribution in [3.8, 4) is 0 Å². The highest BCUT2D eigenvalue weighted by Gasteiger charge is 2.24. The van der Waals surface area contributed by atoms with E-state index in [1.54, 1.807) is 0 Å². The molecule has 1 fully saturated rings. The van der Waals surface area contributed by atoms with E-state index in [-0.39, 0.29) is 0 Å². The molecule has 0 saturated heterocycles. The quantitative estimate of drug-likeness (QED) is 0.807. The fourth-order valence-corrected chi connectivity index (χ4v) is 3.25. The van der Waals surface area contributed by atoms with Crippen molar-refractivity contribution in [3.63, 3.8) is 0 Å². The number of anilines is 2. The number of nitrogens with one attached hydrogen (secondary N) is 2. The molecule has 20 heavy (non-hydrogen) atoms. The van der Waals surface area contributed by atoms with E-state index in [9.17, 15) is 0 Å². The monoisotopic (exact) mass is 296 g/mol. The van der Waals surface area contributed by atoms with Crippen LogP contribution in [0, 0.1) is 0 Å². The molecule has 1 aliphatic rings. The molecule has 2 unspecified atom stereocenters. The molecule has 1 saturated carbocycles. The number of aromatic nitrogens is 2. The van der Waals surface area contributed by atoms with Crippen LogP contribution in [-0.4, -0.2) is 41.2 Å². The van der Waals surface area contributed by atoms with E-state index in [0.29, 0.717) is 19.3 Å². The van der Waals surface area contributed by atoms with E-state index in [1.165, 1.54) is 19.3 Å². The van der Waals surface area contributed by atoms with Crippen molar-refractivity contribution in [1.82, 2.24) is 9.97 Å². The summed E-state index contributed by atoms with van der Waals surface area (Å²) >= 11 is 1.96. The Balaban J connectivity index is 2.02. The van der Waals surface area contributed by atoms with Crippen LogP contribution >= 0.6 is 11.8 Å². The van der Waals surface area contributed by atoms with E-state index in [0.717, 1.165) is 22.7 Å². The van der Waals surface area contributed by atoms with E-state index in [1.807, 2.05) is 31.8 Å². The smallest absolute Gasteiger partial charge is 0.158 e. The molecule has 112 valence electrons. The lowest BCUT2D eigenvalue weighted by Gasteiger charge is -2.15. The van der Waals surface area contributed by atoms with Gasteiger partial charge >= 0.3 is 0 Å². The summed E-state index contributed by atoms with van der Waals surface area (Å²) in [5.41, 5.74) is 0. The molecule has 0 aliphatic heterocycles. The average Bonchev–Trinajstić information content (AvgIpc) is 2.92. The maximum atomic E-state index is 5.39. The van der Waals surface area contributed by atoms with Gasteiger partial charge in [0.25, 0.3) is 0 Å². The van der Waals surface area contributed by atoms with Crippen LogP contribution in [0.4, 0.5) is 11.6 Å². The van der Waals surface area contributed by atoms with Crippen molar-refractivity contribution in [1.29, 1.82) is 0 Å². The van der Waals surface area contributed by atoms with Gasteiger partial charge in [0.1, 0.15) is 18.2 Å². The first kappa shape index (κ1) is 15.4. The first-order valence-corrected chi connectivity index (χ1v) is 8.46. The van der Waals surface area contributed by atoms with Gasteiger partial charge in [0.15, 0.2) is 5.82 Å². The van der Waals surface area contributed by atoms with Gasteiger partial charge in [-0.25, -0.2) is 9.97 Å². The van der Waals surface area contributed by atoms with Crippen LogP contribution in [0.15, 0.2) is 6.07 Å². The van der Waals surface area contributed by atoms with Gasteiger partial charge in [0.2, 0.25) is 0 Å². The number of nitrogens with zero attached hydrogens (tertiary/aromatic N) is 2. The first-order valence-electron chi connectivity index (χ1n) is 7.18. The minimum atomic E-state index is 0.457. The minimum absolute atomic E-state index is 0.457. The fourth-order valence-electron chi connectivity index (χ4n) is 2.45. The van der Waals surface area contributed by atoms with Gasteiger partial charge in [-0.05, 0) is 32.4 Å². The maximum Gasteiger partial charge on any atom is 0.158 e. The van der Waals surface area contributed by atoms with Crippen LogP contribution in [0.25, 0.3) is 0 Å². The van der Waals surface area contributed by atoms with E-state index < -0.39 is 0 Å². The lowest BCUT2D eigenvalue weighted by Crippen LogP contribution is -2.18. The molecule has 5 nitrogen and oxygen atoms in total. The summed E-state index contributed by atoms with van der Waals surface area (Å²) < 4.78 is 5.39. The molecule has 2 atom stereocenters. The van der Waals surface area contributed by atoms with E-state index in [4.69, 9.17) is 4.74 Å². The number of ether oxygens (including phenoxy) is 1. The highest BCUT2D eigenvalue weighted by Crippen LogP contribution is 2.30. The largest absolute Gasteiger partial charge is 0.374 e. The molecule has 1 aromatic heterocycles. The van der Waals surface area contributed by atoms with Crippen molar-refractivity contribution < 1.29 is 4.74 Å². The van der Waals surface area contributed by atoms with Gasteiger partial charge in [-0.1, -0.05) is 0 Å². The molecule has 1 heterocycles. The van der Waals surface area contributed by atoms with Crippen molar-refractivity contribution >= 4 is 23.4 Å². The van der Waals surface area contributed by atoms with Crippen LogP contribution < -0.4 is 10.6 Å². The Bertz CT molecular complexity index is 430. The van der Waals surface area contributed by atoms with Crippen LogP contribution in [-0.2, 0) is 11.3 Å². The molecule has 2 rings (SSSR count). The zero-order valence-corrected chi connectivity index (χ0v) is 13.3. The summed E-state index contributed by atoms with van der Waals surface area (Å²) in [4.78, 5) is 8.94. The third-order valence-electron chi connectivity index (χ3n) is 3.53. The zero-order valence-electron chi connectivity index (χ0n) is 12.5. The first-order chi connectivity index (χ1) is 9.75. The molecule has 0 bridgehead atoms. The standard InChI is InChI=1S/C14H24N4OS/c1-4-19-9-14-17-12(15-2)8-13(18-14)16-10-5-6-11(7-10)20-3/h8,10-11H,4-7,9H2,1-3H3,(H2,15,16,17,18). The lowest BCUT2D eigenvalue weighted by molar-refractivity contribution is 0.128. The zero-order chi connectivity index (χ0) is 14.4. The lowest BCUT2D eigenvalue weighted by atomic mass is 10.2. The predicted molar refractivity (Wildman–Crippen MR) is 85.5 cm³/mol. The molecule has 0 radical (unpaired) electrons. The van der Waals surface area contributed by atoms with Gasteiger partial charge in [0.05, 0.1) is 0 Å². The molecule has 0 amide bonds. The predicted octanol–water partition coefficient (Wildman–Crippen LogP) is 2.75. The summed E-state index contributed by atoms with van der Waals surface area (Å²) in [7, 11) is 1.87. The Kier molecular flexibility index (Phi) is 5.91. The van der Waals surface area contributed by atoms with Gasteiger partial charge in [0, 0.05) is 31.0 Å². The molecular weight excluding hydrogens is 272 g/mol. The third kappa shape index (κ3) is 4.24. The van der Waals surface area contributed by atoms with Crippen molar-refractivity contribution in [3.05, 3.63) is 11.9 Å². The van der Waals surface area contributed by atoms with Gasteiger partial charge in [-0.15, -0.1) is 0 Å². The Morgan fingerprint density at radius 3 is 2.80 bits per heavy atom. The van der Waals surface area contributed by atoms with Crippen LogP contribution in [0.2, 0.25) is 0 Å². The summed E-state index contributed by atoms with van der Waals surface area (Å²) in [5.74, 6) is 2.45. The average molecular weight is 296 g/mol. The normalized spacial score (nSPS) is 21.9. The summed E-state index contributed by atoms with van der Waals surface area (Å²) in [6.45, 7) is 3.11. The van der Waals surface area contributed by atoms with Gasteiger partial charge in [-0.2, -0.15) is 11.8 Å². The number of hydrogen-bond acceptors (Lipinski definition) is 6. The van der Waals surface area contributed by atoms with Crippen LogP contribution in [0.1, 0.15) is 32.0 Å². The molecule has 1 aromatic rings. The Morgan fingerprint density at radius 1 is 1.35 bits per heavy atom. The maximum absolute atomic E-state index is 5.39. The molecular formula is C14H24N4OS. The number of thioether (sulfide) groups is 1. The fraction of sp³-hybridized carbons (Fsp3) is 0.714.